The number of rotatable bonds is 5. The van der Waals surface area contributed by atoms with Gasteiger partial charge in [0.15, 0.2) is 5.96 Å². The van der Waals surface area contributed by atoms with Gasteiger partial charge in [0.25, 0.3) is 0 Å². The maximum Gasteiger partial charge on any atom is 0.222 e. The zero-order valence-corrected chi connectivity index (χ0v) is 16.3. The number of aliphatic imine (C=N–C) groups is 1. The molecule has 2 aliphatic rings. The molecule has 0 radical (unpaired) electrons. The lowest BCUT2D eigenvalue weighted by Crippen LogP contribution is -2.24. The van der Waals surface area contributed by atoms with Gasteiger partial charge in [-0.15, -0.1) is 0 Å². The number of aryl methyl sites for hydroxylation is 1. The summed E-state index contributed by atoms with van der Waals surface area (Å²) in [5, 5.41) is 3.29. The van der Waals surface area contributed by atoms with Crippen LogP contribution in [0.4, 0.5) is 5.69 Å². The van der Waals surface area contributed by atoms with Crippen molar-refractivity contribution in [1.29, 1.82) is 0 Å². The van der Waals surface area contributed by atoms with E-state index < -0.39 is 0 Å². The van der Waals surface area contributed by atoms with E-state index >= 15 is 0 Å². The largest absolute Gasteiger partial charge is 0.370 e. The van der Waals surface area contributed by atoms with Gasteiger partial charge in [-0.2, -0.15) is 0 Å². The molecular formula is C23H28N4O. The standard InChI is InChI=1S/C23H28N4O/c24-23(26-21-11-4-9-19-8-1-2-10-20(19)21)25-15-17-6-3-7-18(14-17)16-27-13-5-12-22(27)28/h3-4,6-7,9,11,14H,1-2,5,8,10,12-13,15-16H2,(H3,24,25,26). The number of nitrogens with zero attached hydrogens (tertiary/aromatic N) is 2. The number of nitrogens with one attached hydrogen (secondary N) is 1. The smallest absolute Gasteiger partial charge is 0.222 e. The molecule has 0 bridgehead atoms. The van der Waals surface area contributed by atoms with Gasteiger partial charge in [0.2, 0.25) is 5.91 Å². The van der Waals surface area contributed by atoms with Crippen molar-refractivity contribution < 1.29 is 4.79 Å². The van der Waals surface area contributed by atoms with Crippen LogP contribution in [-0.2, 0) is 30.7 Å². The molecule has 1 aliphatic heterocycles. The van der Waals surface area contributed by atoms with Crippen LogP contribution in [0.15, 0.2) is 47.5 Å². The van der Waals surface area contributed by atoms with Crippen molar-refractivity contribution in [1.82, 2.24) is 4.90 Å². The number of hydrogen-bond donors (Lipinski definition) is 2. The minimum Gasteiger partial charge on any atom is -0.370 e. The summed E-state index contributed by atoms with van der Waals surface area (Å²) in [7, 11) is 0. The number of nitrogens with two attached hydrogens (primary N) is 1. The average Bonchev–Trinajstić information content (AvgIpc) is 3.11. The number of anilines is 1. The van der Waals surface area contributed by atoms with Crippen molar-refractivity contribution in [2.24, 2.45) is 10.7 Å². The molecule has 0 atom stereocenters. The van der Waals surface area contributed by atoms with Crippen LogP contribution < -0.4 is 11.1 Å². The second-order valence-electron chi connectivity index (χ2n) is 7.72. The molecule has 1 amide bonds. The van der Waals surface area contributed by atoms with Crippen LogP contribution in [0.3, 0.4) is 0 Å². The van der Waals surface area contributed by atoms with Gasteiger partial charge in [-0.05, 0) is 60.4 Å². The van der Waals surface area contributed by atoms with E-state index in [1.54, 1.807) is 0 Å². The summed E-state index contributed by atoms with van der Waals surface area (Å²) in [4.78, 5) is 18.3. The minimum absolute atomic E-state index is 0.253. The SMILES string of the molecule is NC(=NCc1cccc(CN2CCCC2=O)c1)Nc1cccc2c1CCCC2. The second-order valence-corrected chi connectivity index (χ2v) is 7.72. The van der Waals surface area contributed by atoms with E-state index in [0.29, 0.717) is 25.5 Å². The van der Waals surface area contributed by atoms with Crippen LogP contribution in [0, 0.1) is 0 Å². The lowest BCUT2D eigenvalue weighted by Gasteiger charge is -2.19. The molecule has 3 N–H and O–H groups in total. The predicted molar refractivity (Wildman–Crippen MR) is 113 cm³/mol. The molecule has 146 valence electrons. The highest BCUT2D eigenvalue weighted by molar-refractivity contribution is 5.93. The Hall–Kier alpha value is -2.82. The number of amides is 1. The van der Waals surface area contributed by atoms with Crippen molar-refractivity contribution >= 4 is 17.6 Å². The van der Waals surface area contributed by atoms with Crippen LogP contribution in [-0.4, -0.2) is 23.3 Å². The number of fused-ring (bicyclic) bond motifs is 1. The Morgan fingerprint density at radius 3 is 2.71 bits per heavy atom. The van der Waals surface area contributed by atoms with Gasteiger partial charge in [-0.3, -0.25) is 4.79 Å². The van der Waals surface area contributed by atoms with E-state index in [0.717, 1.165) is 42.6 Å². The van der Waals surface area contributed by atoms with E-state index in [9.17, 15) is 4.79 Å². The zero-order valence-electron chi connectivity index (χ0n) is 16.3. The minimum atomic E-state index is 0.253. The highest BCUT2D eigenvalue weighted by atomic mass is 16.2. The van der Waals surface area contributed by atoms with Crippen molar-refractivity contribution in [3.8, 4) is 0 Å². The molecule has 4 rings (SSSR count). The summed E-state index contributed by atoms with van der Waals surface area (Å²) in [5.41, 5.74) is 12.3. The Morgan fingerprint density at radius 2 is 1.86 bits per heavy atom. The lowest BCUT2D eigenvalue weighted by molar-refractivity contribution is -0.128. The van der Waals surface area contributed by atoms with Crippen LogP contribution in [0.25, 0.3) is 0 Å². The van der Waals surface area contributed by atoms with E-state index in [2.05, 4.69) is 46.7 Å². The van der Waals surface area contributed by atoms with Gasteiger partial charge >= 0.3 is 0 Å². The fraction of sp³-hybridized carbons (Fsp3) is 0.391. The first-order valence-corrected chi connectivity index (χ1v) is 10.2. The van der Waals surface area contributed by atoms with Crippen LogP contribution in [0.5, 0.6) is 0 Å². The normalized spacial score (nSPS) is 16.9. The quantitative estimate of drug-likeness (QED) is 0.618. The number of guanidine groups is 1. The molecule has 5 heteroatoms. The highest BCUT2D eigenvalue weighted by Crippen LogP contribution is 2.27. The number of carbonyl (C=O) groups is 1. The van der Waals surface area contributed by atoms with Crippen LogP contribution in [0.1, 0.15) is 47.9 Å². The molecule has 0 saturated carbocycles. The van der Waals surface area contributed by atoms with Gasteiger partial charge in [0.05, 0.1) is 6.54 Å². The second kappa shape index (κ2) is 8.46. The Morgan fingerprint density at radius 1 is 1.04 bits per heavy atom. The number of carbonyl (C=O) groups excluding carboxylic acids is 1. The maximum absolute atomic E-state index is 11.8. The summed E-state index contributed by atoms with van der Waals surface area (Å²) in [6, 6.07) is 14.6. The van der Waals surface area contributed by atoms with Crippen LogP contribution in [0.2, 0.25) is 0 Å². The number of likely N-dealkylation sites (tertiary alicyclic amines) is 1. The van der Waals surface area contributed by atoms with Crippen molar-refractivity contribution in [2.75, 3.05) is 11.9 Å². The molecule has 1 heterocycles. The van der Waals surface area contributed by atoms with Gasteiger partial charge in [0, 0.05) is 25.2 Å². The van der Waals surface area contributed by atoms with Crippen molar-refractivity contribution in [3.63, 3.8) is 0 Å². The molecule has 0 spiro atoms. The summed E-state index contributed by atoms with van der Waals surface area (Å²) < 4.78 is 0. The third-order valence-corrected chi connectivity index (χ3v) is 5.63. The topological polar surface area (TPSA) is 70.7 Å². The third kappa shape index (κ3) is 4.35. The summed E-state index contributed by atoms with van der Waals surface area (Å²) in [6.07, 6.45) is 6.38. The summed E-state index contributed by atoms with van der Waals surface area (Å²) in [6.45, 7) is 2.06. The van der Waals surface area contributed by atoms with E-state index in [1.165, 1.54) is 24.0 Å². The molecule has 2 aromatic carbocycles. The Kier molecular flexibility index (Phi) is 5.60. The summed E-state index contributed by atoms with van der Waals surface area (Å²) in [5.74, 6) is 0.696. The first kappa shape index (κ1) is 18.5. The molecule has 0 unspecified atom stereocenters. The average molecular weight is 377 g/mol. The molecule has 1 fully saturated rings. The third-order valence-electron chi connectivity index (χ3n) is 5.63. The van der Waals surface area contributed by atoms with E-state index in [1.807, 2.05) is 11.0 Å². The van der Waals surface area contributed by atoms with E-state index in [-0.39, 0.29) is 5.91 Å². The molecular weight excluding hydrogens is 348 g/mol. The Balaban J connectivity index is 1.40. The molecule has 1 saturated heterocycles. The lowest BCUT2D eigenvalue weighted by atomic mass is 9.90. The maximum atomic E-state index is 11.8. The van der Waals surface area contributed by atoms with Gasteiger partial charge in [-0.25, -0.2) is 4.99 Å². The molecule has 0 aromatic heterocycles. The zero-order chi connectivity index (χ0) is 19.3. The number of benzene rings is 2. The highest BCUT2D eigenvalue weighted by Gasteiger charge is 2.20. The fourth-order valence-electron chi connectivity index (χ4n) is 4.17. The van der Waals surface area contributed by atoms with E-state index in [4.69, 9.17) is 5.73 Å². The molecule has 28 heavy (non-hydrogen) atoms. The molecule has 5 nitrogen and oxygen atoms in total. The fourth-order valence-corrected chi connectivity index (χ4v) is 4.17. The van der Waals surface area contributed by atoms with Gasteiger partial charge in [-0.1, -0.05) is 36.4 Å². The molecule has 1 aliphatic carbocycles. The summed E-state index contributed by atoms with van der Waals surface area (Å²) >= 11 is 0. The number of hydrogen-bond acceptors (Lipinski definition) is 2. The Bertz CT molecular complexity index is 890. The first-order chi connectivity index (χ1) is 13.7. The van der Waals surface area contributed by atoms with Gasteiger partial charge in [0.1, 0.15) is 0 Å². The molecule has 2 aromatic rings. The van der Waals surface area contributed by atoms with Crippen molar-refractivity contribution in [2.45, 2.75) is 51.6 Å². The van der Waals surface area contributed by atoms with Crippen LogP contribution >= 0.6 is 0 Å². The van der Waals surface area contributed by atoms with Gasteiger partial charge < -0.3 is 16.0 Å². The van der Waals surface area contributed by atoms with Crippen molar-refractivity contribution in [3.05, 3.63) is 64.7 Å². The first-order valence-electron chi connectivity index (χ1n) is 10.2. The monoisotopic (exact) mass is 376 g/mol. The predicted octanol–water partition coefficient (Wildman–Crippen LogP) is 3.61. The Labute approximate surface area is 166 Å².